The number of methoxy groups -OCH3 is 4. The molecule has 262 valence electrons. The van der Waals surface area contributed by atoms with Crippen molar-refractivity contribution in [1.82, 2.24) is 9.88 Å². The van der Waals surface area contributed by atoms with Crippen molar-refractivity contribution in [3.63, 3.8) is 0 Å². The Kier molecular flexibility index (Phi) is 9.78. The number of esters is 2. The fourth-order valence-corrected chi connectivity index (χ4v) is 7.35. The van der Waals surface area contributed by atoms with Gasteiger partial charge in [0.15, 0.2) is 22.8 Å². The number of H-pyrrole nitrogens is 1. The highest BCUT2D eigenvalue weighted by Crippen LogP contribution is 2.52. The minimum absolute atomic E-state index is 0.0481. The first kappa shape index (κ1) is 34.5. The molecule has 14 nitrogen and oxygen atoms in total. The molecule has 0 aliphatic carbocycles. The molecular formula is C34H39BrN4O10. The summed E-state index contributed by atoms with van der Waals surface area (Å²) in [5.41, 5.74) is 0.389. The van der Waals surface area contributed by atoms with Gasteiger partial charge in [-0.15, -0.1) is 0 Å². The zero-order valence-corrected chi connectivity index (χ0v) is 29.6. The standard InChI is InChI=1S/C34H39BrN4O10/c1-34(33(43)47-5)31(41)26-25-19(16-35)17-39(32(42)20-13-18-14-23(44-2)29(45-3)30(46-4)27(18)36-20)21(25)15-22(28(26)37-34)49-24(40)7-6-8-38-9-11-48-12-10-38/h13-15,19,36-37H,6-12,16-17H2,1-5H3/t19-,34-/m1/s1. The Morgan fingerprint density at radius 2 is 1.76 bits per heavy atom. The molecule has 2 atom stereocenters. The van der Waals surface area contributed by atoms with Crippen molar-refractivity contribution in [3.8, 4) is 23.0 Å². The van der Waals surface area contributed by atoms with Crippen molar-refractivity contribution in [2.45, 2.75) is 31.2 Å². The van der Waals surface area contributed by atoms with E-state index in [2.05, 4.69) is 31.1 Å². The van der Waals surface area contributed by atoms with E-state index in [4.69, 9.17) is 28.4 Å². The number of hydrogen-bond donors (Lipinski definition) is 2. The van der Waals surface area contributed by atoms with Gasteiger partial charge >= 0.3 is 11.9 Å². The van der Waals surface area contributed by atoms with E-state index in [-0.39, 0.29) is 41.6 Å². The number of alkyl halides is 1. The summed E-state index contributed by atoms with van der Waals surface area (Å²) in [7, 11) is 5.71. The number of Topliss-reactive ketones (excluding diaryl/α,β-unsaturated/α-hetero) is 1. The summed E-state index contributed by atoms with van der Waals surface area (Å²) in [6.07, 6.45) is 0.690. The predicted octanol–water partition coefficient (Wildman–Crippen LogP) is 3.89. The summed E-state index contributed by atoms with van der Waals surface area (Å²) >= 11 is 3.57. The number of nitrogens with one attached hydrogen (secondary N) is 2. The first-order chi connectivity index (χ1) is 23.6. The molecule has 2 N–H and O–H groups in total. The maximum atomic E-state index is 14.3. The van der Waals surface area contributed by atoms with Gasteiger partial charge < -0.3 is 43.6 Å². The second-order valence-corrected chi connectivity index (χ2v) is 12.9. The van der Waals surface area contributed by atoms with Crippen molar-refractivity contribution < 1.29 is 47.6 Å². The number of anilines is 2. The van der Waals surface area contributed by atoms with Crippen molar-refractivity contribution in [3.05, 3.63) is 35.0 Å². The smallest absolute Gasteiger partial charge is 0.339 e. The molecule has 0 radical (unpaired) electrons. The third-order valence-corrected chi connectivity index (χ3v) is 10.1. The van der Waals surface area contributed by atoms with Crippen LogP contribution in [0.2, 0.25) is 0 Å². The average molecular weight is 744 g/mol. The van der Waals surface area contributed by atoms with Gasteiger partial charge in [0.25, 0.3) is 5.91 Å². The number of fused-ring (bicyclic) bond motifs is 4. The van der Waals surface area contributed by atoms with Crippen molar-refractivity contribution in [2.75, 3.05) is 83.4 Å². The molecule has 0 saturated carbocycles. The maximum absolute atomic E-state index is 14.3. The summed E-state index contributed by atoms with van der Waals surface area (Å²) in [5.74, 6) is -1.32. The van der Waals surface area contributed by atoms with E-state index < -0.39 is 29.2 Å². The molecule has 1 aromatic heterocycles. The largest absolute Gasteiger partial charge is 0.493 e. The molecule has 1 fully saturated rings. The van der Waals surface area contributed by atoms with Crippen molar-refractivity contribution in [2.24, 2.45) is 0 Å². The fraction of sp³-hybridized carbons (Fsp3) is 0.471. The van der Waals surface area contributed by atoms with E-state index in [9.17, 15) is 19.2 Å². The molecule has 0 spiro atoms. The second kappa shape index (κ2) is 13.9. The van der Waals surface area contributed by atoms with Crippen LogP contribution in [0, 0.1) is 0 Å². The zero-order valence-electron chi connectivity index (χ0n) is 28.0. The molecule has 0 bridgehead atoms. The molecule has 2 aromatic carbocycles. The minimum atomic E-state index is -1.76. The van der Waals surface area contributed by atoms with Crippen LogP contribution in [0.4, 0.5) is 11.4 Å². The van der Waals surface area contributed by atoms with Crippen LogP contribution in [-0.2, 0) is 19.1 Å². The average Bonchev–Trinajstić information content (AvgIpc) is 3.79. The number of halogens is 1. The van der Waals surface area contributed by atoms with E-state index in [1.165, 1.54) is 35.4 Å². The number of nitrogens with zero attached hydrogens (tertiary/aromatic N) is 2. The molecule has 1 amide bonds. The highest BCUT2D eigenvalue weighted by atomic mass is 79.9. The summed E-state index contributed by atoms with van der Waals surface area (Å²) in [5, 5.41) is 4.08. The first-order valence-electron chi connectivity index (χ1n) is 15.9. The van der Waals surface area contributed by atoms with E-state index >= 15 is 0 Å². The van der Waals surface area contributed by atoms with Gasteiger partial charge in [-0.25, -0.2) is 4.79 Å². The Hall–Kier alpha value is -4.34. The van der Waals surface area contributed by atoms with Gasteiger partial charge in [-0.2, -0.15) is 0 Å². The van der Waals surface area contributed by atoms with Crippen LogP contribution in [-0.4, -0.2) is 112 Å². The fourth-order valence-electron chi connectivity index (χ4n) is 6.82. The third-order valence-electron chi connectivity index (χ3n) is 9.33. The number of benzene rings is 2. The molecule has 6 rings (SSSR count). The summed E-state index contributed by atoms with van der Waals surface area (Å²) in [4.78, 5) is 61.5. The van der Waals surface area contributed by atoms with Crippen LogP contribution in [0.3, 0.4) is 0 Å². The number of carbonyl (C=O) groups is 4. The molecule has 49 heavy (non-hydrogen) atoms. The Balaban J connectivity index is 1.39. The van der Waals surface area contributed by atoms with Gasteiger partial charge in [0, 0.05) is 48.8 Å². The van der Waals surface area contributed by atoms with E-state index in [1.807, 2.05) is 0 Å². The van der Waals surface area contributed by atoms with Crippen LogP contribution in [0.15, 0.2) is 18.2 Å². The number of rotatable bonds is 11. The van der Waals surface area contributed by atoms with E-state index in [0.717, 1.165) is 13.1 Å². The molecule has 1 saturated heterocycles. The lowest BCUT2D eigenvalue weighted by Crippen LogP contribution is -2.47. The Labute approximate surface area is 291 Å². The van der Waals surface area contributed by atoms with E-state index in [1.54, 1.807) is 23.1 Å². The van der Waals surface area contributed by atoms with Gasteiger partial charge in [0.1, 0.15) is 5.69 Å². The van der Waals surface area contributed by atoms with Gasteiger partial charge in [-0.1, -0.05) is 15.9 Å². The van der Waals surface area contributed by atoms with Crippen LogP contribution in [0.25, 0.3) is 10.9 Å². The number of amides is 1. The number of morpholine rings is 1. The van der Waals surface area contributed by atoms with Crippen LogP contribution < -0.4 is 29.2 Å². The predicted molar refractivity (Wildman–Crippen MR) is 183 cm³/mol. The SMILES string of the molecule is COC(=O)[C@]1(C)Nc2c(OC(=O)CCCN3CCOCC3)cc3c(c2C1=O)[C@H](CBr)CN3C(=O)c1cc2cc(OC)c(OC)c(OC)c2[nH]1. The van der Waals surface area contributed by atoms with Crippen LogP contribution in [0.5, 0.6) is 23.0 Å². The monoisotopic (exact) mass is 742 g/mol. The highest BCUT2D eigenvalue weighted by Gasteiger charge is 2.53. The number of ketones is 1. The van der Waals surface area contributed by atoms with Crippen molar-refractivity contribution >= 4 is 61.8 Å². The second-order valence-electron chi connectivity index (χ2n) is 12.2. The van der Waals surface area contributed by atoms with Crippen LogP contribution in [0.1, 0.15) is 52.1 Å². The molecule has 3 aliphatic rings. The highest BCUT2D eigenvalue weighted by molar-refractivity contribution is 9.09. The number of aromatic nitrogens is 1. The maximum Gasteiger partial charge on any atom is 0.339 e. The number of carbonyl (C=O) groups excluding carboxylic acids is 4. The zero-order chi connectivity index (χ0) is 35.0. The van der Waals surface area contributed by atoms with Gasteiger partial charge in [-0.05, 0) is 37.6 Å². The van der Waals surface area contributed by atoms with Gasteiger partial charge in [0.2, 0.25) is 11.5 Å². The molecular weight excluding hydrogens is 704 g/mol. The number of aromatic amines is 1. The van der Waals surface area contributed by atoms with Crippen molar-refractivity contribution in [1.29, 1.82) is 0 Å². The Morgan fingerprint density at radius 3 is 2.41 bits per heavy atom. The lowest BCUT2D eigenvalue weighted by molar-refractivity contribution is -0.143. The molecule has 0 unspecified atom stereocenters. The third kappa shape index (κ3) is 5.97. The quantitative estimate of drug-likeness (QED) is 0.127. The lowest BCUT2D eigenvalue weighted by Gasteiger charge is -2.26. The van der Waals surface area contributed by atoms with Gasteiger partial charge in [-0.3, -0.25) is 19.3 Å². The topological polar surface area (TPSA) is 158 Å². The molecule has 4 heterocycles. The van der Waals surface area contributed by atoms with Gasteiger partial charge in [0.05, 0.1) is 64.1 Å². The molecule has 3 aromatic rings. The summed E-state index contributed by atoms with van der Waals surface area (Å²) in [6, 6.07) is 5.02. The Morgan fingerprint density at radius 1 is 1.02 bits per heavy atom. The summed E-state index contributed by atoms with van der Waals surface area (Å²) < 4.78 is 32.9. The number of ether oxygens (including phenoxy) is 6. The lowest BCUT2D eigenvalue weighted by atomic mass is 9.89. The first-order valence-corrected chi connectivity index (χ1v) is 17.0. The minimum Gasteiger partial charge on any atom is -0.493 e. The normalized spacial score (nSPS) is 20.1. The molecule has 15 heteroatoms. The summed E-state index contributed by atoms with van der Waals surface area (Å²) in [6.45, 7) is 5.27. The van der Waals surface area contributed by atoms with E-state index in [0.29, 0.717) is 70.9 Å². The van der Waals surface area contributed by atoms with Crippen LogP contribution >= 0.6 is 15.9 Å². The number of hydrogen-bond acceptors (Lipinski definition) is 12. The Bertz CT molecular complexity index is 1820. The molecule has 3 aliphatic heterocycles.